The molecule has 0 saturated carbocycles. The van der Waals surface area contributed by atoms with Crippen molar-refractivity contribution in [3.8, 4) is 0 Å². The highest BCUT2D eigenvalue weighted by atomic mass is 32.1. The average molecular weight is 323 g/mol. The molecule has 0 fully saturated rings. The Morgan fingerprint density at radius 2 is 1.96 bits per heavy atom. The maximum absolute atomic E-state index is 12.4. The van der Waals surface area contributed by atoms with Crippen molar-refractivity contribution >= 4 is 17.2 Å². The summed E-state index contributed by atoms with van der Waals surface area (Å²) in [4.78, 5) is 21.1. The van der Waals surface area contributed by atoms with Gasteiger partial charge in [0.05, 0.1) is 28.9 Å². The first kappa shape index (κ1) is 15.4. The van der Waals surface area contributed by atoms with Gasteiger partial charge in [-0.15, -0.1) is 11.3 Å². The zero-order chi connectivity index (χ0) is 16.1. The molecule has 0 unspecified atom stereocenters. The van der Waals surface area contributed by atoms with E-state index in [0.717, 1.165) is 22.0 Å². The lowest BCUT2D eigenvalue weighted by Crippen LogP contribution is -2.31. The molecule has 23 heavy (non-hydrogen) atoms. The van der Waals surface area contributed by atoms with E-state index < -0.39 is 0 Å². The molecular weight excluding hydrogens is 306 g/mol. The third-order valence-electron chi connectivity index (χ3n) is 3.43. The predicted octanol–water partition coefficient (Wildman–Crippen LogP) is 3.29. The minimum absolute atomic E-state index is 0.0604. The van der Waals surface area contributed by atoms with E-state index >= 15 is 0 Å². The van der Waals surface area contributed by atoms with Crippen LogP contribution in [0.1, 0.15) is 28.0 Å². The number of pyridine rings is 1. The molecule has 1 atom stereocenters. The zero-order valence-electron chi connectivity index (χ0n) is 12.8. The molecule has 0 aliphatic rings. The second-order valence-electron chi connectivity index (χ2n) is 5.20. The average Bonchev–Trinajstić information content (AvgIpc) is 2.99. The van der Waals surface area contributed by atoms with Crippen molar-refractivity contribution in [2.75, 3.05) is 0 Å². The van der Waals surface area contributed by atoms with Crippen molar-refractivity contribution in [3.63, 3.8) is 0 Å². The molecule has 1 amide bonds. The van der Waals surface area contributed by atoms with E-state index in [2.05, 4.69) is 15.3 Å². The van der Waals surface area contributed by atoms with Crippen molar-refractivity contribution in [2.45, 2.75) is 19.4 Å². The predicted molar refractivity (Wildman–Crippen MR) is 91.2 cm³/mol. The number of rotatable bonds is 5. The molecule has 4 nitrogen and oxygen atoms in total. The van der Waals surface area contributed by atoms with Gasteiger partial charge in [0.2, 0.25) is 5.91 Å². The fourth-order valence-corrected chi connectivity index (χ4v) is 3.00. The summed E-state index contributed by atoms with van der Waals surface area (Å²) >= 11 is 1.55. The summed E-state index contributed by atoms with van der Waals surface area (Å²) in [6.45, 7) is 1.94. The van der Waals surface area contributed by atoms with E-state index in [1.54, 1.807) is 17.5 Å². The molecule has 5 heteroatoms. The standard InChI is InChI=1S/C18H17N3OS/c1-13-20-15(12-23-13)11-17(22)21-18(14-7-3-2-4-8-14)16-9-5-6-10-19-16/h2-10,12,18H,11H2,1H3,(H,21,22)/t18-/m0/s1. The highest BCUT2D eigenvalue weighted by molar-refractivity contribution is 7.09. The number of thiazole rings is 1. The van der Waals surface area contributed by atoms with E-state index in [-0.39, 0.29) is 18.4 Å². The van der Waals surface area contributed by atoms with Crippen LogP contribution in [0.4, 0.5) is 0 Å². The number of benzene rings is 1. The molecule has 3 rings (SSSR count). The first-order valence-corrected chi connectivity index (χ1v) is 8.26. The number of hydrogen-bond acceptors (Lipinski definition) is 4. The highest BCUT2D eigenvalue weighted by Crippen LogP contribution is 2.20. The fraction of sp³-hybridized carbons (Fsp3) is 0.167. The van der Waals surface area contributed by atoms with Crippen LogP contribution in [0.5, 0.6) is 0 Å². The van der Waals surface area contributed by atoms with E-state index in [9.17, 15) is 4.79 Å². The lowest BCUT2D eigenvalue weighted by Gasteiger charge is -2.18. The summed E-state index contributed by atoms with van der Waals surface area (Å²) in [5.74, 6) is -0.0604. The Labute approximate surface area is 139 Å². The smallest absolute Gasteiger partial charge is 0.226 e. The minimum atomic E-state index is -0.260. The zero-order valence-corrected chi connectivity index (χ0v) is 13.6. The molecule has 0 aliphatic carbocycles. The SMILES string of the molecule is Cc1nc(CC(=O)N[C@@H](c2ccccc2)c2ccccn2)cs1. The van der Waals surface area contributed by atoms with Gasteiger partial charge in [-0.1, -0.05) is 36.4 Å². The third-order valence-corrected chi connectivity index (χ3v) is 4.25. The maximum atomic E-state index is 12.4. The Morgan fingerprint density at radius 3 is 2.61 bits per heavy atom. The summed E-state index contributed by atoms with van der Waals surface area (Å²) in [5.41, 5.74) is 2.63. The quantitative estimate of drug-likeness (QED) is 0.784. The third kappa shape index (κ3) is 4.02. The van der Waals surface area contributed by atoms with Gasteiger partial charge in [-0.25, -0.2) is 4.98 Å². The molecule has 3 aromatic rings. The number of aromatic nitrogens is 2. The molecule has 2 aromatic heterocycles. The largest absolute Gasteiger partial charge is 0.343 e. The summed E-state index contributed by atoms with van der Waals surface area (Å²) in [6, 6.07) is 15.3. The summed E-state index contributed by atoms with van der Waals surface area (Å²) < 4.78 is 0. The highest BCUT2D eigenvalue weighted by Gasteiger charge is 2.18. The molecule has 0 spiro atoms. The minimum Gasteiger partial charge on any atom is -0.343 e. The second kappa shape index (κ2) is 7.15. The monoisotopic (exact) mass is 323 g/mol. The van der Waals surface area contributed by atoms with Crippen LogP contribution in [0.25, 0.3) is 0 Å². The van der Waals surface area contributed by atoms with Gasteiger partial charge in [0.15, 0.2) is 0 Å². The van der Waals surface area contributed by atoms with Gasteiger partial charge in [0.25, 0.3) is 0 Å². The molecule has 0 saturated heterocycles. The Morgan fingerprint density at radius 1 is 1.17 bits per heavy atom. The van der Waals surface area contributed by atoms with Gasteiger partial charge in [-0.05, 0) is 24.6 Å². The Hall–Kier alpha value is -2.53. The van der Waals surface area contributed by atoms with Gasteiger partial charge in [0.1, 0.15) is 0 Å². The number of carbonyl (C=O) groups excluding carboxylic acids is 1. The van der Waals surface area contributed by atoms with Crippen LogP contribution >= 0.6 is 11.3 Å². The summed E-state index contributed by atoms with van der Waals surface area (Å²) in [7, 11) is 0. The van der Waals surface area contributed by atoms with Crippen molar-refractivity contribution < 1.29 is 4.79 Å². The molecule has 0 bridgehead atoms. The van der Waals surface area contributed by atoms with Crippen molar-refractivity contribution in [2.24, 2.45) is 0 Å². The van der Waals surface area contributed by atoms with Gasteiger partial charge >= 0.3 is 0 Å². The van der Waals surface area contributed by atoms with E-state index in [4.69, 9.17) is 0 Å². The second-order valence-corrected chi connectivity index (χ2v) is 6.26. The molecule has 0 aliphatic heterocycles. The number of hydrogen-bond donors (Lipinski definition) is 1. The first-order valence-electron chi connectivity index (χ1n) is 7.38. The van der Waals surface area contributed by atoms with Crippen molar-refractivity contribution in [3.05, 3.63) is 82.1 Å². The Balaban J connectivity index is 1.80. The van der Waals surface area contributed by atoms with E-state index in [1.165, 1.54) is 0 Å². The summed E-state index contributed by atoms with van der Waals surface area (Å²) in [5, 5.41) is 5.96. The lowest BCUT2D eigenvalue weighted by molar-refractivity contribution is -0.121. The van der Waals surface area contributed by atoms with Crippen LogP contribution in [0.15, 0.2) is 60.1 Å². The first-order chi connectivity index (χ1) is 11.2. The topological polar surface area (TPSA) is 54.9 Å². The van der Waals surface area contributed by atoms with Gasteiger partial charge < -0.3 is 5.32 Å². The molecular formula is C18H17N3OS. The van der Waals surface area contributed by atoms with Gasteiger partial charge in [-0.3, -0.25) is 9.78 Å². The van der Waals surface area contributed by atoms with Crippen molar-refractivity contribution in [1.82, 2.24) is 15.3 Å². The lowest BCUT2D eigenvalue weighted by atomic mass is 10.0. The van der Waals surface area contributed by atoms with E-state index in [1.807, 2.05) is 60.8 Å². The van der Waals surface area contributed by atoms with Crippen LogP contribution < -0.4 is 5.32 Å². The number of aryl methyl sites for hydroxylation is 1. The molecule has 1 aromatic carbocycles. The van der Waals surface area contributed by atoms with Crippen LogP contribution in [-0.2, 0) is 11.2 Å². The number of nitrogens with one attached hydrogen (secondary N) is 1. The van der Waals surface area contributed by atoms with Gasteiger partial charge in [-0.2, -0.15) is 0 Å². The maximum Gasteiger partial charge on any atom is 0.226 e. The van der Waals surface area contributed by atoms with Crippen LogP contribution in [0.2, 0.25) is 0 Å². The van der Waals surface area contributed by atoms with Gasteiger partial charge in [0, 0.05) is 11.6 Å². The van der Waals surface area contributed by atoms with Crippen LogP contribution in [-0.4, -0.2) is 15.9 Å². The number of nitrogens with zero attached hydrogens (tertiary/aromatic N) is 2. The van der Waals surface area contributed by atoms with Crippen LogP contribution in [0.3, 0.4) is 0 Å². The fourth-order valence-electron chi connectivity index (χ4n) is 2.39. The van der Waals surface area contributed by atoms with E-state index in [0.29, 0.717) is 0 Å². The Kier molecular flexibility index (Phi) is 4.78. The summed E-state index contributed by atoms with van der Waals surface area (Å²) in [6.07, 6.45) is 2.02. The van der Waals surface area contributed by atoms with Crippen molar-refractivity contribution in [1.29, 1.82) is 0 Å². The Bertz CT molecular complexity index is 732. The normalized spacial score (nSPS) is 11.9. The molecule has 116 valence electrons. The number of carbonyl (C=O) groups is 1. The molecule has 2 heterocycles. The molecule has 1 N–H and O–H groups in total. The molecule has 0 radical (unpaired) electrons. The number of amides is 1. The van der Waals surface area contributed by atoms with Crippen LogP contribution in [0, 0.1) is 6.92 Å².